The third-order valence-corrected chi connectivity index (χ3v) is 3.44. The summed E-state index contributed by atoms with van der Waals surface area (Å²) in [6, 6.07) is 7.18. The minimum absolute atomic E-state index is 0.122. The zero-order valence-electron chi connectivity index (χ0n) is 13.2. The van der Waals surface area contributed by atoms with Crippen molar-refractivity contribution >= 4 is 5.91 Å². The minimum atomic E-state index is -0.381. The summed E-state index contributed by atoms with van der Waals surface area (Å²) >= 11 is 0. The molecule has 0 radical (unpaired) electrons. The van der Waals surface area contributed by atoms with Gasteiger partial charge < -0.3 is 14.8 Å². The second-order valence-electron chi connectivity index (χ2n) is 6.34. The van der Waals surface area contributed by atoms with Gasteiger partial charge in [-0.3, -0.25) is 4.79 Å². The molecular weight excluding hydrogens is 280 g/mol. The van der Waals surface area contributed by atoms with Crippen LogP contribution in [0.15, 0.2) is 41.3 Å². The van der Waals surface area contributed by atoms with Crippen LogP contribution in [0.3, 0.4) is 0 Å². The van der Waals surface area contributed by atoms with Crippen molar-refractivity contribution in [2.24, 2.45) is 5.41 Å². The van der Waals surface area contributed by atoms with Gasteiger partial charge in [0, 0.05) is 17.7 Å². The Kier molecular flexibility index (Phi) is 4.98. The molecule has 0 aliphatic heterocycles. The SMILES string of the molecule is CC(O)CC(C)(C)CNC(=O)c1ccc(-c2cnco2)cc1. The lowest BCUT2D eigenvalue weighted by Gasteiger charge is -2.26. The molecule has 0 bridgehead atoms. The smallest absolute Gasteiger partial charge is 0.251 e. The van der Waals surface area contributed by atoms with Gasteiger partial charge in [-0.2, -0.15) is 0 Å². The molecule has 0 fully saturated rings. The highest BCUT2D eigenvalue weighted by Crippen LogP contribution is 2.22. The summed E-state index contributed by atoms with van der Waals surface area (Å²) in [5.74, 6) is 0.549. The van der Waals surface area contributed by atoms with Crippen LogP contribution < -0.4 is 5.32 Å². The van der Waals surface area contributed by atoms with E-state index in [0.717, 1.165) is 5.56 Å². The minimum Gasteiger partial charge on any atom is -0.444 e. The maximum atomic E-state index is 12.2. The Morgan fingerprint density at radius 2 is 2.05 bits per heavy atom. The summed E-state index contributed by atoms with van der Waals surface area (Å²) in [5.41, 5.74) is 1.32. The Hall–Kier alpha value is -2.14. The molecule has 118 valence electrons. The average molecular weight is 302 g/mol. The van der Waals surface area contributed by atoms with Gasteiger partial charge in [0.05, 0.1) is 12.3 Å². The van der Waals surface area contributed by atoms with Crippen LogP contribution in [0.1, 0.15) is 37.6 Å². The van der Waals surface area contributed by atoms with Gasteiger partial charge in [-0.1, -0.05) is 26.0 Å². The molecule has 0 spiro atoms. The van der Waals surface area contributed by atoms with Crippen molar-refractivity contribution in [1.29, 1.82) is 0 Å². The van der Waals surface area contributed by atoms with Gasteiger partial charge >= 0.3 is 0 Å². The standard InChI is InChI=1S/C17H22N2O3/c1-12(20)8-17(2,3)10-19-16(21)14-6-4-13(5-7-14)15-9-18-11-22-15/h4-7,9,11-12,20H,8,10H2,1-3H3,(H,19,21). The molecular formula is C17H22N2O3. The highest BCUT2D eigenvalue weighted by atomic mass is 16.3. The van der Waals surface area contributed by atoms with Crippen LogP contribution in [-0.4, -0.2) is 28.6 Å². The number of carbonyl (C=O) groups excluding carboxylic acids is 1. The number of hydrogen-bond acceptors (Lipinski definition) is 4. The Morgan fingerprint density at radius 1 is 1.36 bits per heavy atom. The fourth-order valence-electron chi connectivity index (χ4n) is 2.44. The van der Waals surface area contributed by atoms with E-state index in [9.17, 15) is 9.90 Å². The van der Waals surface area contributed by atoms with E-state index in [0.29, 0.717) is 24.3 Å². The van der Waals surface area contributed by atoms with E-state index >= 15 is 0 Å². The fraction of sp³-hybridized carbons (Fsp3) is 0.412. The summed E-state index contributed by atoms with van der Waals surface area (Å²) in [7, 11) is 0. The number of rotatable bonds is 6. The molecule has 1 amide bonds. The molecule has 1 unspecified atom stereocenters. The van der Waals surface area contributed by atoms with E-state index < -0.39 is 0 Å². The normalized spacial score (nSPS) is 12.9. The Balaban J connectivity index is 1.96. The van der Waals surface area contributed by atoms with Crippen LogP contribution in [0.25, 0.3) is 11.3 Å². The number of aromatic nitrogens is 1. The first-order valence-corrected chi connectivity index (χ1v) is 7.32. The van der Waals surface area contributed by atoms with E-state index in [4.69, 9.17) is 4.42 Å². The lowest BCUT2D eigenvalue weighted by Crippen LogP contribution is -2.35. The van der Waals surface area contributed by atoms with E-state index in [1.807, 2.05) is 26.0 Å². The van der Waals surface area contributed by atoms with Crippen LogP contribution in [0, 0.1) is 5.41 Å². The molecule has 1 heterocycles. The second-order valence-corrected chi connectivity index (χ2v) is 6.34. The third kappa shape index (κ3) is 4.43. The summed E-state index contributed by atoms with van der Waals surface area (Å²) < 4.78 is 5.21. The van der Waals surface area contributed by atoms with E-state index in [2.05, 4.69) is 10.3 Å². The van der Waals surface area contributed by atoms with Crippen molar-refractivity contribution in [3.63, 3.8) is 0 Å². The number of carbonyl (C=O) groups is 1. The van der Waals surface area contributed by atoms with Crippen molar-refractivity contribution in [3.8, 4) is 11.3 Å². The summed E-state index contributed by atoms with van der Waals surface area (Å²) in [4.78, 5) is 16.0. The van der Waals surface area contributed by atoms with Crippen LogP contribution in [0.5, 0.6) is 0 Å². The summed E-state index contributed by atoms with van der Waals surface area (Å²) in [5, 5.41) is 12.4. The molecule has 22 heavy (non-hydrogen) atoms. The molecule has 0 aliphatic carbocycles. The topological polar surface area (TPSA) is 75.4 Å². The van der Waals surface area contributed by atoms with Gasteiger partial charge in [-0.05, 0) is 30.9 Å². The Bertz CT molecular complexity index is 601. The number of hydrogen-bond donors (Lipinski definition) is 2. The van der Waals surface area contributed by atoms with Gasteiger partial charge in [0.25, 0.3) is 5.91 Å². The first-order chi connectivity index (χ1) is 10.4. The lowest BCUT2D eigenvalue weighted by molar-refractivity contribution is 0.0902. The molecule has 1 aromatic heterocycles. The highest BCUT2D eigenvalue weighted by Gasteiger charge is 2.21. The first kappa shape index (κ1) is 16.2. The van der Waals surface area contributed by atoms with Crippen molar-refractivity contribution in [2.75, 3.05) is 6.54 Å². The maximum Gasteiger partial charge on any atom is 0.251 e. The molecule has 0 aliphatic rings. The van der Waals surface area contributed by atoms with Crippen molar-refractivity contribution in [1.82, 2.24) is 10.3 Å². The summed E-state index contributed by atoms with van der Waals surface area (Å²) in [6.45, 7) is 6.31. The van der Waals surface area contributed by atoms with Gasteiger partial charge in [-0.25, -0.2) is 4.98 Å². The zero-order valence-corrected chi connectivity index (χ0v) is 13.2. The maximum absolute atomic E-state index is 12.2. The van der Waals surface area contributed by atoms with E-state index in [1.54, 1.807) is 25.3 Å². The molecule has 0 saturated carbocycles. The van der Waals surface area contributed by atoms with Crippen LogP contribution in [0.4, 0.5) is 0 Å². The van der Waals surface area contributed by atoms with Crippen molar-refractivity contribution in [2.45, 2.75) is 33.3 Å². The largest absolute Gasteiger partial charge is 0.444 e. The molecule has 5 heteroatoms. The second kappa shape index (κ2) is 6.75. The first-order valence-electron chi connectivity index (χ1n) is 7.32. The number of nitrogens with one attached hydrogen (secondary N) is 1. The molecule has 1 aromatic carbocycles. The van der Waals surface area contributed by atoms with Crippen LogP contribution >= 0.6 is 0 Å². The lowest BCUT2D eigenvalue weighted by atomic mass is 9.87. The van der Waals surface area contributed by atoms with Gasteiger partial charge in [0.15, 0.2) is 12.2 Å². The molecule has 2 aromatic rings. The predicted octanol–water partition coefficient (Wildman–Crippen LogP) is 2.87. The fourth-order valence-corrected chi connectivity index (χ4v) is 2.44. The van der Waals surface area contributed by atoms with Gasteiger partial charge in [0.1, 0.15) is 0 Å². The van der Waals surface area contributed by atoms with Crippen molar-refractivity contribution in [3.05, 3.63) is 42.4 Å². The predicted molar refractivity (Wildman–Crippen MR) is 84.4 cm³/mol. The molecule has 5 nitrogen and oxygen atoms in total. The van der Waals surface area contributed by atoms with E-state index in [-0.39, 0.29) is 17.4 Å². The molecule has 1 atom stereocenters. The quantitative estimate of drug-likeness (QED) is 0.860. The number of amides is 1. The van der Waals surface area contributed by atoms with E-state index in [1.165, 1.54) is 6.39 Å². The van der Waals surface area contributed by atoms with Crippen LogP contribution in [0.2, 0.25) is 0 Å². The van der Waals surface area contributed by atoms with Crippen LogP contribution in [-0.2, 0) is 0 Å². The highest BCUT2D eigenvalue weighted by molar-refractivity contribution is 5.94. The van der Waals surface area contributed by atoms with Gasteiger partial charge in [-0.15, -0.1) is 0 Å². The Labute approximate surface area is 130 Å². The van der Waals surface area contributed by atoms with Gasteiger partial charge in [0.2, 0.25) is 0 Å². The number of nitrogens with zero attached hydrogens (tertiary/aromatic N) is 1. The number of benzene rings is 1. The molecule has 2 N–H and O–H groups in total. The number of aliphatic hydroxyl groups excluding tert-OH is 1. The monoisotopic (exact) mass is 302 g/mol. The molecule has 0 saturated heterocycles. The third-order valence-electron chi connectivity index (χ3n) is 3.44. The Morgan fingerprint density at radius 3 is 2.59 bits per heavy atom. The summed E-state index contributed by atoms with van der Waals surface area (Å²) in [6.07, 6.45) is 3.26. The molecule has 2 rings (SSSR count). The zero-order chi connectivity index (χ0) is 16.2. The number of oxazole rings is 1. The average Bonchev–Trinajstić information content (AvgIpc) is 2.98. The number of aliphatic hydroxyl groups is 1. The van der Waals surface area contributed by atoms with Crippen molar-refractivity contribution < 1.29 is 14.3 Å².